The topological polar surface area (TPSA) is 203 Å². The summed E-state index contributed by atoms with van der Waals surface area (Å²) in [6, 6.07) is 13.4. The Hall–Kier alpha value is -5.54. The number of carbonyl (C=O) groups is 3. The van der Waals surface area contributed by atoms with Crippen LogP contribution in [0.2, 0.25) is 0 Å². The van der Waals surface area contributed by atoms with Gasteiger partial charge in [0.15, 0.2) is 0 Å². The molecule has 4 N–H and O–H groups in total. The number of amides is 1. The molecule has 1 aliphatic heterocycles. The van der Waals surface area contributed by atoms with Gasteiger partial charge in [0.05, 0.1) is 23.5 Å². The van der Waals surface area contributed by atoms with Gasteiger partial charge in [-0.2, -0.15) is 5.10 Å². The minimum atomic E-state index is -1.26. The number of nitrogens with two attached hydrogens (primary N) is 1. The van der Waals surface area contributed by atoms with Crippen LogP contribution in [0, 0.1) is 6.92 Å². The van der Waals surface area contributed by atoms with Gasteiger partial charge in [0.2, 0.25) is 5.89 Å². The van der Waals surface area contributed by atoms with E-state index in [0.29, 0.717) is 48.0 Å². The molecule has 5 heterocycles. The highest BCUT2D eigenvalue weighted by molar-refractivity contribution is 7.09. The first kappa shape index (κ1) is 33.8. The molecule has 1 amide bonds. The van der Waals surface area contributed by atoms with Crippen LogP contribution in [0.3, 0.4) is 0 Å². The summed E-state index contributed by atoms with van der Waals surface area (Å²) in [5, 5.41) is 31.5. The van der Waals surface area contributed by atoms with Crippen molar-refractivity contribution in [2.75, 3.05) is 6.54 Å². The number of hydrogen-bond acceptors (Lipinski definition) is 11. The molecule has 14 nitrogen and oxygen atoms in total. The van der Waals surface area contributed by atoms with Gasteiger partial charge in [-0.1, -0.05) is 30.3 Å². The van der Waals surface area contributed by atoms with Crippen LogP contribution < -0.4 is 5.73 Å². The Balaban J connectivity index is 0.000000503. The normalized spacial score (nSPS) is 15.6. The van der Waals surface area contributed by atoms with Crippen molar-refractivity contribution in [2.45, 2.75) is 44.7 Å². The highest BCUT2D eigenvalue weighted by atomic mass is 32.1. The standard InChI is InChI=1S/C29H30N8O2S.C4H4O4/c1-18-17-40-26(32-18)24-10-7-11-37(24)27(38)20-12-22(21-15-31-36(3)16-21)33-23(13-20)25-34-35-28(39-25)29(2,30)14-19-8-5-4-6-9-19;5-3(6)1-2-4(7)8/h4-6,8-9,12-13,15-17,24H,7,10-11,14,30H2,1-3H3;1-2H,(H,5,6)(H,7,8)/t24-,29-;/m1./s1. The smallest absolute Gasteiger partial charge is 0.328 e. The predicted molar refractivity (Wildman–Crippen MR) is 176 cm³/mol. The number of pyridine rings is 1. The second kappa shape index (κ2) is 14.5. The van der Waals surface area contributed by atoms with Gasteiger partial charge in [-0.25, -0.2) is 19.6 Å². The van der Waals surface area contributed by atoms with Crippen LogP contribution in [0.25, 0.3) is 22.8 Å². The molecule has 0 bridgehead atoms. The third kappa shape index (κ3) is 8.24. The molecule has 1 saturated heterocycles. The Morgan fingerprint density at radius 2 is 1.79 bits per heavy atom. The van der Waals surface area contributed by atoms with Gasteiger partial charge in [-0.05, 0) is 50.8 Å². The molecule has 5 aromatic rings. The molecule has 6 rings (SSSR count). The van der Waals surface area contributed by atoms with Gasteiger partial charge in [-0.3, -0.25) is 9.48 Å². The van der Waals surface area contributed by atoms with Crippen LogP contribution in [0.1, 0.15) is 58.3 Å². The Labute approximate surface area is 279 Å². The lowest BCUT2D eigenvalue weighted by Gasteiger charge is -2.23. The zero-order valence-corrected chi connectivity index (χ0v) is 27.3. The highest BCUT2D eigenvalue weighted by Gasteiger charge is 2.34. The van der Waals surface area contributed by atoms with Crippen molar-refractivity contribution in [1.29, 1.82) is 0 Å². The maximum Gasteiger partial charge on any atom is 0.328 e. The summed E-state index contributed by atoms with van der Waals surface area (Å²) in [6.45, 7) is 4.50. The molecule has 1 aliphatic rings. The van der Waals surface area contributed by atoms with Crippen molar-refractivity contribution in [3.8, 4) is 22.8 Å². The van der Waals surface area contributed by atoms with Crippen molar-refractivity contribution >= 4 is 29.2 Å². The fraction of sp³-hybridized carbons (Fsp3) is 0.273. The number of carboxylic acids is 2. The molecule has 1 aromatic carbocycles. The van der Waals surface area contributed by atoms with Crippen LogP contribution in [0.4, 0.5) is 0 Å². The van der Waals surface area contributed by atoms with E-state index in [4.69, 9.17) is 25.3 Å². The van der Waals surface area contributed by atoms with Crippen LogP contribution in [-0.2, 0) is 28.6 Å². The van der Waals surface area contributed by atoms with E-state index >= 15 is 0 Å². The van der Waals surface area contributed by atoms with Gasteiger partial charge in [0.1, 0.15) is 10.7 Å². The van der Waals surface area contributed by atoms with E-state index in [1.807, 2.05) is 67.7 Å². The monoisotopic (exact) mass is 670 g/mol. The summed E-state index contributed by atoms with van der Waals surface area (Å²) < 4.78 is 7.79. The molecule has 0 aliphatic carbocycles. The molecular formula is C33H34N8O6S. The number of aromatic nitrogens is 6. The maximum atomic E-state index is 13.9. The molecule has 0 spiro atoms. The Morgan fingerprint density at radius 3 is 2.42 bits per heavy atom. The largest absolute Gasteiger partial charge is 0.478 e. The minimum Gasteiger partial charge on any atom is -0.478 e. The van der Waals surface area contributed by atoms with Gasteiger partial charge < -0.3 is 25.3 Å². The number of aryl methyl sites for hydroxylation is 2. The van der Waals surface area contributed by atoms with E-state index in [-0.39, 0.29) is 17.8 Å². The molecule has 0 radical (unpaired) electrons. The van der Waals surface area contributed by atoms with E-state index in [2.05, 4.69) is 20.3 Å². The molecule has 15 heteroatoms. The Bertz CT molecular complexity index is 1930. The van der Waals surface area contributed by atoms with Crippen molar-refractivity contribution in [1.82, 2.24) is 34.8 Å². The first-order chi connectivity index (χ1) is 22.9. The predicted octanol–water partition coefficient (Wildman–Crippen LogP) is 4.40. The number of likely N-dealkylation sites (tertiary alicyclic amines) is 1. The van der Waals surface area contributed by atoms with Crippen molar-refractivity contribution in [2.24, 2.45) is 12.8 Å². The number of nitrogens with zero attached hydrogens (tertiary/aromatic N) is 7. The molecule has 48 heavy (non-hydrogen) atoms. The first-order valence-corrected chi connectivity index (χ1v) is 15.8. The zero-order valence-electron chi connectivity index (χ0n) is 26.5. The van der Waals surface area contributed by atoms with E-state index in [9.17, 15) is 14.4 Å². The number of hydrogen-bond donors (Lipinski definition) is 3. The summed E-state index contributed by atoms with van der Waals surface area (Å²) >= 11 is 1.60. The lowest BCUT2D eigenvalue weighted by molar-refractivity contribution is -0.134. The quantitative estimate of drug-likeness (QED) is 0.187. The van der Waals surface area contributed by atoms with Gasteiger partial charge >= 0.3 is 11.9 Å². The van der Waals surface area contributed by atoms with E-state index in [1.165, 1.54) is 0 Å². The third-order valence-electron chi connectivity index (χ3n) is 7.42. The number of rotatable bonds is 9. The molecule has 1 fully saturated rings. The number of benzene rings is 1. The summed E-state index contributed by atoms with van der Waals surface area (Å²) in [4.78, 5) is 44.4. The fourth-order valence-electron chi connectivity index (χ4n) is 5.22. The highest BCUT2D eigenvalue weighted by Crippen LogP contribution is 2.36. The van der Waals surface area contributed by atoms with E-state index in [0.717, 1.165) is 34.7 Å². The zero-order chi connectivity index (χ0) is 34.4. The molecule has 248 valence electrons. The van der Waals surface area contributed by atoms with E-state index < -0.39 is 17.5 Å². The summed E-state index contributed by atoms with van der Waals surface area (Å²) in [7, 11) is 1.84. The number of carboxylic acid groups (broad SMARTS) is 2. The average molecular weight is 671 g/mol. The van der Waals surface area contributed by atoms with Crippen molar-refractivity contribution in [3.05, 3.63) is 100 Å². The van der Waals surface area contributed by atoms with Crippen LogP contribution in [0.5, 0.6) is 0 Å². The van der Waals surface area contributed by atoms with Crippen LogP contribution >= 0.6 is 11.3 Å². The van der Waals surface area contributed by atoms with E-state index in [1.54, 1.807) is 34.3 Å². The summed E-state index contributed by atoms with van der Waals surface area (Å²) in [6.07, 6.45) is 7.02. The number of thiazole rings is 1. The fourth-order valence-corrected chi connectivity index (χ4v) is 6.16. The van der Waals surface area contributed by atoms with Crippen LogP contribution in [-0.4, -0.2) is 69.4 Å². The summed E-state index contributed by atoms with van der Waals surface area (Å²) in [5.41, 5.74) is 10.0. The summed E-state index contributed by atoms with van der Waals surface area (Å²) in [5.74, 6) is -2.10. The molecule has 4 aromatic heterocycles. The SMILES string of the molecule is Cc1csc([C@H]2CCCN2C(=O)c2cc(-c3cnn(C)c3)nc(-c3nnc([C@](C)(N)Cc4ccccc4)o3)c2)n1.O=C(O)C=CC(=O)O. The minimum absolute atomic E-state index is 0.0457. The Morgan fingerprint density at radius 1 is 1.08 bits per heavy atom. The molecule has 0 unspecified atom stereocenters. The lowest BCUT2D eigenvalue weighted by Crippen LogP contribution is -2.35. The second-order valence-corrected chi connectivity index (χ2v) is 12.4. The van der Waals surface area contributed by atoms with Crippen LogP contribution in [0.15, 0.2) is 76.8 Å². The van der Waals surface area contributed by atoms with Crippen molar-refractivity contribution in [3.63, 3.8) is 0 Å². The van der Waals surface area contributed by atoms with Gasteiger partial charge in [0, 0.05) is 54.1 Å². The Kier molecular flexibility index (Phi) is 10.2. The molecule has 2 atom stereocenters. The average Bonchev–Trinajstić information content (AvgIpc) is 3.88. The van der Waals surface area contributed by atoms with Gasteiger partial charge in [-0.15, -0.1) is 21.5 Å². The second-order valence-electron chi connectivity index (χ2n) is 11.5. The number of aliphatic carboxylic acids is 2. The maximum absolute atomic E-state index is 13.9. The van der Waals surface area contributed by atoms with Gasteiger partial charge in [0.25, 0.3) is 11.8 Å². The first-order valence-electron chi connectivity index (χ1n) is 14.9. The van der Waals surface area contributed by atoms with Crippen molar-refractivity contribution < 1.29 is 29.0 Å². The molecule has 0 saturated carbocycles. The number of carbonyl (C=O) groups excluding carboxylic acids is 1. The lowest BCUT2D eigenvalue weighted by atomic mass is 9.94. The third-order valence-corrected chi connectivity index (χ3v) is 8.49. The molecular weight excluding hydrogens is 636 g/mol.